The Labute approximate surface area is 125 Å². The van der Waals surface area contributed by atoms with Gasteiger partial charge in [-0.1, -0.05) is 6.07 Å². The van der Waals surface area contributed by atoms with Crippen LogP contribution in [0, 0.1) is 0 Å². The minimum absolute atomic E-state index is 0.476. The smallest absolute Gasteiger partial charge is 0.151 e. The summed E-state index contributed by atoms with van der Waals surface area (Å²) >= 11 is 3.52. The summed E-state index contributed by atoms with van der Waals surface area (Å²) in [6.45, 7) is 0. The van der Waals surface area contributed by atoms with Gasteiger partial charge in [0.05, 0.1) is 5.39 Å². The molecule has 0 bridgehead atoms. The molecule has 6 heteroatoms. The van der Waals surface area contributed by atoms with Gasteiger partial charge in [0.15, 0.2) is 5.65 Å². The molecule has 0 unspecified atom stereocenters. The number of hydrogen-bond acceptors (Lipinski definition) is 4. The number of aromatic nitrogens is 3. The van der Waals surface area contributed by atoms with Crippen LogP contribution >= 0.6 is 15.9 Å². The summed E-state index contributed by atoms with van der Waals surface area (Å²) in [7, 11) is 4.03. The third kappa shape index (κ3) is 2.02. The highest BCUT2D eigenvalue weighted by Crippen LogP contribution is 2.31. The standard InChI is InChI=1S/C14H14BrN5/c1-19(2)9-4-3-5-10(6-9)20-7-11(15)12-13(16)17-8-18-14(12)20/h3-8H,1-2H3,(H2,16,17,18). The van der Waals surface area contributed by atoms with Crippen LogP contribution in [0.3, 0.4) is 0 Å². The van der Waals surface area contributed by atoms with Gasteiger partial charge in [-0.05, 0) is 34.1 Å². The molecule has 2 heterocycles. The van der Waals surface area contributed by atoms with Crippen molar-refractivity contribution in [2.75, 3.05) is 24.7 Å². The first-order valence-corrected chi connectivity index (χ1v) is 6.92. The molecule has 0 aliphatic carbocycles. The lowest BCUT2D eigenvalue weighted by molar-refractivity contribution is 1.06. The quantitative estimate of drug-likeness (QED) is 0.784. The van der Waals surface area contributed by atoms with Gasteiger partial charge in [-0.3, -0.25) is 4.57 Å². The lowest BCUT2D eigenvalue weighted by Gasteiger charge is -2.14. The molecule has 20 heavy (non-hydrogen) atoms. The maximum atomic E-state index is 5.92. The fourth-order valence-electron chi connectivity index (χ4n) is 2.16. The average Bonchev–Trinajstić information content (AvgIpc) is 2.78. The van der Waals surface area contributed by atoms with Gasteiger partial charge < -0.3 is 10.6 Å². The van der Waals surface area contributed by atoms with E-state index in [1.165, 1.54) is 6.33 Å². The topological polar surface area (TPSA) is 60.0 Å². The molecule has 3 aromatic rings. The van der Waals surface area contributed by atoms with Crippen LogP contribution in [0.2, 0.25) is 0 Å². The van der Waals surface area contributed by atoms with Crippen LogP contribution in [0.1, 0.15) is 0 Å². The minimum atomic E-state index is 0.476. The van der Waals surface area contributed by atoms with Crippen LogP contribution in [0.5, 0.6) is 0 Å². The van der Waals surface area contributed by atoms with Crippen molar-refractivity contribution in [1.82, 2.24) is 14.5 Å². The first-order valence-electron chi connectivity index (χ1n) is 6.12. The van der Waals surface area contributed by atoms with Crippen molar-refractivity contribution < 1.29 is 0 Å². The summed E-state index contributed by atoms with van der Waals surface area (Å²) in [5.74, 6) is 0.476. The number of benzene rings is 1. The molecular formula is C14H14BrN5. The second-order valence-electron chi connectivity index (χ2n) is 4.72. The van der Waals surface area contributed by atoms with Gasteiger partial charge in [0.1, 0.15) is 12.1 Å². The summed E-state index contributed by atoms with van der Waals surface area (Å²) in [4.78, 5) is 10.4. The number of nitrogens with two attached hydrogens (primary N) is 1. The molecule has 0 saturated carbocycles. The predicted molar refractivity (Wildman–Crippen MR) is 85.3 cm³/mol. The van der Waals surface area contributed by atoms with E-state index < -0.39 is 0 Å². The Bertz CT molecular complexity index is 778. The van der Waals surface area contributed by atoms with E-state index in [1.807, 2.05) is 37.0 Å². The van der Waals surface area contributed by atoms with Crippen molar-refractivity contribution in [1.29, 1.82) is 0 Å². The summed E-state index contributed by atoms with van der Waals surface area (Å²) in [5.41, 5.74) is 8.88. The van der Waals surface area contributed by atoms with E-state index in [2.05, 4.69) is 42.9 Å². The minimum Gasteiger partial charge on any atom is -0.383 e. The molecule has 0 atom stereocenters. The van der Waals surface area contributed by atoms with E-state index in [-0.39, 0.29) is 0 Å². The van der Waals surface area contributed by atoms with Crippen LogP contribution in [0.15, 0.2) is 41.3 Å². The molecule has 0 aliphatic rings. The van der Waals surface area contributed by atoms with E-state index >= 15 is 0 Å². The van der Waals surface area contributed by atoms with Crippen LogP contribution in [0.25, 0.3) is 16.7 Å². The number of hydrogen-bond donors (Lipinski definition) is 1. The van der Waals surface area contributed by atoms with Gasteiger partial charge in [0, 0.05) is 36.1 Å². The molecule has 0 spiro atoms. The SMILES string of the molecule is CN(C)c1cccc(-n2cc(Br)c3c(N)ncnc32)c1. The zero-order valence-electron chi connectivity index (χ0n) is 11.2. The maximum Gasteiger partial charge on any atom is 0.151 e. The molecule has 0 radical (unpaired) electrons. The molecule has 0 amide bonds. The lowest BCUT2D eigenvalue weighted by atomic mass is 10.2. The Hall–Kier alpha value is -2.08. The molecule has 5 nitrogen and oxygen atoms in total. The summed E-state index contributed by atoms with van der Waals surface area (Å²) < 4.78 is 2.89. The maximum absolute atomic E-state index is 5.92. The fraction of sp³-hybridized carbons (Fsp3) is 0.143. The van der Waals surface area contributed by atoms with Crippen molar-refractivity contribution in [2.45, 2.75) is 0 Å². The largest absolute Gasteiger partial charge is 0.383 e. The zero-order valence-corrected chi connectivity index (χ0v) is 12.8. The van der Waals surface area contributed by atoms with E-state index in [1.54, 1.807) is 0 Å². The highest BCUT2D eigenvalue weighted by atomic mass is 79.9. The molecule has 0 aliphatic heterocycles. The van der Waals surface area contributed by atoms with Gasteiger partial charge in [0.2, 0.25) is 0 Å². The van der Waals surface area contributed by atoms with Crippen LogP contribution in [0.4, 0.5) is 11.5 Å². The van der Waals surface area contributed by atoms with Crippen molar-refractivity contribution in [3.8, 4) is 5.69 Å². The Morgan fingerprint density at radius 1 is 1.25 bits per heavy atom. The van der Waals surface area contributed by atoms with Gasteiger partial charge in [0.25, 0.3) is 0 Å². The number of anilines is 2. The normalized spacial score (nSPS) is 10.9. The molecule has 0 fully saturated rings. The second-order valence-corrected chi connectivity index (χ2v) is 5.57. The van der Waals surface area contributed by atoms with E-state index in [0.717, 1.165) is 26.9 Å². The van der Waals surface area contributed by atoms with Gasteiger partial charge >= 0.3 is 0 Å². The Morgan fingerprint density at radius 3 is 2.80 bits per heavy atom. The lowest BCUT2D eigenvalue weighted by Crippen LogP contribution is -2.09. The Kier molecular flexibility index (Phi) is 3.10. The van der Waals surface area contributed by atoms with Crippen LogP contribution in [-0.2, 0) is 0 Å². The first kappa shape index (κ1) is 12.9. The third-order valence-corrected chi connectivity index (χ3v) is 3.79. The Morgan fingerprint density at radius 2 is 2.05 bits per heavy atom. The molecule has 102 valence electrons. The van der Waals surface area contributed by atoms with Crippen molar-refractivity contribution in [3.63, 3.8) is 0 Å². The number of nitrogens with zero attached hydrogens (tertiary/aromatic N) is 4. The molecule has 2 aromatic heterocycles. The fourth-order valence-corrected chi connectivity index (χ4v) is 2.74. The predicted octanol–water partition coefficient (Wildman–Crippen LogP) is 2.83. The van der Waals surface area contributed by atoms with E-state index in [0.29, 0.717) is 5.82 Å². The van der Waals surface area contributed by atoms with Gasteiger partial charge in [-0.25, -0.2) is 9.97 Å². The van der Waals surface area contributed by atoms with Crippen LogP contribution < -0.4 is 10.6 Å². The van der Waals surface area contributed by atoms with Gasteiger partial charge in [-0.15, -0.1) is 0 Å². The number of halogens is 1. The molecule has 1 aromatic carbocycles. The first-order chi connectivity index (χ1) is 9.58. The van der Waals surface area contributed by atoms with Crippen molar-refractivity contribution in [3.05, 3.63) is 41.3 Å². The molecule has 0 saturated heterocycles. The highest BCUT2D eigenvalue weighted by Gasteiger charge is 2.13. The van der Waals surface area contributed by atoms with Crippen LogP contribution in [-0.4, -0.2) is 28.6 Å². The molecule has 3 rings (SSSR count). The summed E-state index contributed by atoms with van der Waals surface area (Å²) in [6.07, 6.45) is 3.45. The summed E-state index contributed by atoms with van der Waals surface area (Å²) in [6, 6.07) is 8.23. The number of fused-ring (bicyclic) bond motifs is 1. The van der Waals surface area contributed by atoms with E-state index in [4.69, 9.17) is 5.73 Å². The number of nitrogen functional groups attached to an aromatic ring is 1. The third-order valence-electron chi connectivity index (χ3n) is 3.19. The second kappa shape index (κ2) is 4.79. The highest BCUT2D eigenvalue weighted by molar-refractivity contribution is 9.10. The van der Waals surface area contributed by atoms with Crippen molar-refractivity contribution in [2.24, 2.45) is 0 Å². The van der Waals surface area contributed by atoms with Crippen molar-refractivity contribution >= 4 is 38.5 Å². The van der Waals surface area contributed by atoms with E-state index in [9.17, 15) is 0 Å². The Balaban J connectivity index is 2.25. The average molecular weight is 332 g/mol. The molecular weight excluding hydrogens is 318 g/mol. The molecule has 2 N–H and O–H groups in total. The zero-order chi connectivity index (χ0) is 14.3. The van der Waals surface area contributed by atoms with Gasteiger partial charge in [-0.2, -0.15) is 0 Å². The summed E-state index contributed by atoms with van der Waals surface area (Å²) in [5, 5.41) is 0.836. The monoisotopic (exact) mass is 331 g/mol. The number of rotatable bonds is 2.